The predicted molar refractivity (Wildman–Crippen MR) is 83.6 cm³/mol. The molecule has 0 spiro atoms. The lowest BCUT2D eigenvalue weighted by Crippen LogP contribution is -2.28. The maximum atomic E-state index is 11.9. The van der Waals surface area contributed by atoms with Gasteiger partial charge in [0.25, 0.3) is 5.69 Å². The van der Waals surface area contributed by atoms with Crippen molar-refractivity contribution in [3.63, 3.8) is 0 Å². The second-order valence-electron chi connectivity index (χ2n) is 4.59. The number of nitrogens with zero attached hydrogens (tertiary/aromatic N) is 1. The van der Waals surface area contributed by atoms with Crippen LogP contribution in [0.5, 0.6) is 11.5 Å². The molecule has 0 unspecified atom stereocenters. The van der Waals surface area contributed by atoms with Crippen LogP contribution in [0.25, 0.3) is 0 Å². The van der Waals surface area contributed by atoms with Crippen LogP contribution < -0.4 is 15.4 Å². The second kappa shape index (κ2) is 7.12. The maximum Gasteiger partial charge on any atom is 0.319 e. The molecule has 2 rings (SSSR count). The molecule has 0 aromatic heterocycles. The molecule has 2 amide bonds. The van der Waals surface area contributed by atoms with E-state index in [-0.39, 0.29) is 23.7 Å². The molecule has 0 bridgehead atoms. The highest BCUT2D eigenvalue weighted by molar-refractivity contribution is 5.91. The largest absolute Gasteiger partial charge is 0.504 e. The number of nitro benzene ring substituents is 1. The van der Waals surface area contributed by atoms with Crippen molar-refractivity contribution in [2.24, 2.45) is 0 Å². The van der Waals surface area contributed by atoms with Crippen LogP contribution in [-0.2, 0) is 6.54 Å². The molecule has 0 radical (unpaired) electrons. The summed E-state index contributed by atoms with van der Waals surface area (Å²) in [5.74, 6) is 0.295. The highest BCUT2D eigenvalue weighted by atomic mass is 16.6. The third-order valence-electron chi connectivity index (χ3n) is 3.05. The van der Waals surface area contributed by atoms with Gasteiger partial charge in [-0.3, -0.25) is 10.1 Å². The number of phenols is 1. The molecule has 0 saturated heterocycles. The van der Waals surface area contributed by atoms with E-state index in [4.69, 9.17) is 4.74 Å². The van der Waals surface area contributed by atoms with Gasteiger partial charge in [-0.25, -0.2) is 4.79 Å². The molecule has 3 N–H and O–H groups in total. The Morgan fingerprint density at radius 3 is 2.74 bits per heavy atom. The number of amides is 2. The normalized spacial score (nSPS) is 9.96. The molecule has 0 heterocycles. The van der Waals surface area contributed by atoms with Crippen molar-refractivity contribution < 1.29 is 19.6 Å². The van der Waals surface area contributed by atoms with Crippen molar-refractivity contribution in [3.05, 3.63) is 58.1 Å². The van der Waals surface area contributed by atoms with Gasteiger partial charge in [-0.1, -0.05) is 18.2 Å². The van der Waals surface area contributed by atoms with Crippen LogP contribution in [0.3, 0.4) is 0 Å². The van der Waals surface area contributed by atoms with E-state index in [1.807, 2.05) is 0 Å². The van der Waals surface area contributed by atoms with Crippen LogP contribution in [0.1, 0.15) is 5.56 Å². The fraction of sp³-hybridized carbons (Fsp3) is 0.133. The lowest BCUT2D eigenvalue weighted by Gasteiger charge is -2.09. The highest BCUT2D eigenvalue weighted by Gasteiger charge is 2.14. The van der Waals surface area contributed by atoms with Crippen LogP contribution in [0.4, 0.5) is 16.2 Å². The summed E-state index contributed by atoms with van der Waals surface area (Å²) in [6.45, 7) is 0.170. The Hall–Kier alpha value is -3.29. The molecular formula is C15H15N3O5. The van der Waals surface area contributed by atoms with E-state index in [1.54, 1.807) is 18.2 Å². The molecule has 8 heteroatoms. The van der Waals surface area contributed by atoms with Crippen molar-refractivity contribution in [1.82, 2.24) is 5.32 Å². The summed E-state index contributed by atoms with van der Waals surface area (Å²) in [6, 6.07) is 9.95. The average molecular weight is 317 g/mol. The molecular weight excluding hydrogens is 302 g/mol. The summed E-state index contributed by atoms with van der Waals surface area (Å²) in [4.78, 5) is 22.2. The van der Waals surface area contributed by atoms with Crippen LogP contribution in [0.15, 0.2) is 42.5 Å². The van der Waals surface area contributed by atoms with E-state index in [0.717, 1.165) is 0 Å². The van der Waals surface area contributed by atoms with Crippen molar-refractivity contribution in [2.45, 2.75) is 6.54 Å². The van der Waals surface area contributed by atoms with Crippen molar-refractivity contribution in [2.75, 3.05) is 12.4 Å². The van der Waals surface area contributed by atoms with Crippen molar-refractivity contribution >= 4 is 17.4 Å². The number of para-hydroxylation sites is 2. The zero-order valence-corrected chi connectivity index (χ0v) is 12.3. The van der Waals surface area contributed by atoms with E-state index < -0.39 is 11.0 Å². The van der Waals surface area contributed by atoms with Gasteiger partial charge in [-0.05, 0) is 23.8 Å². The Morgan fingerprint density at radius 1 is 1.30 bits per heavy atom. The molecule has 2 aromatic rings. The van der Waals surface area contributed by atoms with Crippen molar-refractivity contribution in [3.8, 4) is 11.5 Å². The summed E-state index contributed by atoms with van der Waals surface area (Å²) in [5, 5.41) is 25.4. The summed E-state index contributed by atoms with van der Waals surface area (Å²) in [7, 11) is 1.42. The molecule has 120 valence electrons. The molecule has 23 heavy (non-hydrogen) atoms. The monoisotopic (exact) mass is 317 g/mol. The number of phenolic OH excluding ortho intramolecular Hbond substituents is 1. The lowest BCUT2D eigenvalue weighted by molar-refractivity contribution is -0.383. The fourth-order valence-corrected chi connectivity index (χ4v) is 1.92. The number of aromatic hydroxyl groups is 1. The molecule has 2 aromatic carbocycles. The van der Waals surface area contributed by atoms with E-state index in [9.17, 15) is 20.0 Å². The molecule has 0 fully saturated rings. The number of ether oxygens (including phenoxy) is 1. The quantitative estimate of drug-likeness (QED) is 0.579. The Morgan fingerprint density at radius 2 is 2.04 bits per heavy atom. The first-order valence-corrected chi connectivity index (χ1v) is 6.65. The van der Waals surface area contributed by atoms with E-state index in [0.29, 0.717) is 11.3 Å². The number of carbonyl (C=O) groups is 1. The lowest BCUT2D eigenvalue weighted by atomic mass is 10.2. The first-order chi connectivity index (χ1) is 11.0. The van der Waals surface area contributed by atoms with E-state index in [2.05, 4.69) is 10.6 Å². The Balaban J connectivity index is 2.00. The van der Waals surface area contributed by atoms with Gasteiger partial charge in [-0.15, -0.1) is 0 Å². The molecule has 0 aliphatic carbocycles. The highest BCUT2D eigenvalue weighted by Crippen LogP contribution is 2.26. The third kappa shape index (κ3) is 4.10. The molecule has 8 nitrogen and oxygen atoms in total. The number of urea groups is 1. The summed E-state index contributed by atoms with van der Waals surface area (Å²) < 4.78 is 4.98. The molecule has 0 saturated carbocycles. The minimum Gasteiger partial charge on any atom is -0.504 e. The number of benzene rings is 2. The SMILES string of the molecule is COc1cc(CNC(=O)Nc2ccccc2[N+](=O)[O-])ccc1O. The van der Waals surface area contributed by atoms with Crippen LogP contribution in [0.2, 0.25) is 0 Å². The summed E-state index contributed by atoms with van der Waals surface area (Å²) in [6.07, 6.45) is 0. The molecule has 0 aliphatic rings. The molecule has 0 atom stereocenters. The van der Waals surface area contributed by atoms with Gasteiger partial charge in [0, 0.05) is 12.6 Å². The average Bonchev–Trinajstić information content (AvgIpc) is 2.54. The van der Waals surface area contributed by atoms with E-state index in [1.165, 1.54) is 31.4 Å². The van der Waals surface area contributed by atoms with E-state index >= 15 is 0 Å². The molecule has 0 aliphatic heterocycles. The number of carbonyl (C=O) groups excluding carboxylic acids is 1. The van der Waals surface area contributed by atoms with Gasteiger partial charge < -0.3 is 20.5 Å². The van der Waals surface area contributed by atoms with Gasteiger partial charge in [0.2, 0.25) is 0 Å². The zero-order valence-electron chi connectivity index (χ0n) is 12.3. The maximum absolute atomic E-state index is 11.9. The number of anilines is 1. The first kappa shape index (κ1) is 16.1. The summed E-state index contributed by atoms with van der Waals surface area (Å²) in [5.41, 5.74) is 0.629. The van der Waals surface area contributed by atoms with Crippen LogP contribution in [-0.4, -0.2) is 23.2 Å². The Labute approximate surface area is 131 Å². The summed E-state index contributed by atoms with van der Waals surface area (Å²) >= 11 is 0. The fourth-order valence-electron chi connectivity index (χ4n) is 1.92. The van der Waals surface area contributed by atoms with Gasteiger partial charge in [-0.2, -0.15) is 0 Å². The second-order valence-corrected chi connectivity index (χ2v) is 4.59. The standard InChI is InChI=1S/C15H15N3O5/c1-23-14-8-10(6-7-13(14)19)9-16-15(20)17-11-4-2-3-5-12(11)18(21)22/h2-8,19H,9H2,1H3,(H2,16,17,20). The number of hydrogen-bond donors (Lipinski definition) is 3. The third-order valence-corrected chi connectivity index (χ3v) is 3.05. The minimum absolute atomic E-state index is 0.000567. The van der Waals surface area contributed by atoms with Crippen LogP contribution in [0, 0.1) is 10.1 Å². The smallest absolute Gasteiger partial charge is 0.319 e. The predicted octanol–water partition coefficient (Wildman–Crippen LogP) is 2.63. The number of nitrogens with one attached hydrogen (secondary N) is 2. The van der Waals surface area contributed by atoms with Gasteiger partial charge in [0.15, 0.2) is 11.5 Å². The minimum atomic E-state index is -0.577. The van der Waals surface area contributed by atoms with Crippen LogP contribution >= 0.6 is 0 Å². The van der Waals surface area contributed by atoms with Gasteiger partial charge in [0.1, 0.15) is 5.69 Å². The topological polar surface area (TPSA) is 114 Å². The van der Waals surface area contributed by atoms with Crippen molar-refractivity contribution in [1.29, 1.82) is 0 Å². The number of nitro groups is 1. The van der Waals surface area contributed by atoms with Gasteiger partial charge >= 0.3 is 6.03 Å². The number of methoxy groups -OCH3 is 1. The first-order valence-electron chi connectivity index (χ1n) is 6.65. The number of rotatable bonds is 5. The number of hydrogen-bond acceptors (Lipinski definition) is 5. The zero-order chi connectivity index (χ0) is 16.8. The Bertz CT molecular complexity index is 733. The van der Waals surface area contributed by atoms with Gasteiger partial charge in [0.05, 0.1) is 12.0 Å². The Kier molecular flexibility index (Phi) is 4.98.